The molecular weight excluding hydrogens is 622 g/mol. The van der Waals surface area contributed by atoms with Gasteiger partial charge in [-0.15, -0.1) is 0 Å². The van der Waals surface area contributed by atoms with Crippen LogP contribution in [0.15, 0.2) is 12.2 Å². The Bertz CT molecular complexity index is 1020. The highest BCUT2D eigenvalue weighted by atomic mass is 16.7. The van der Waals surface area contributed by atoms with Crippen molar-refractivity contribution in [2.45, 2.75) is 174 Å². The molecule has 49 heavy (non-hydrogen) atoms. The fourth-order valence-electron chi connectivity index (χ4n) is 8.34. The van der Waals surface area contributed by atoms with Crippen molar-refractivity contribution in [3.8, 4) is 0 Å². The zero-order valence-electron chi connectivity index (χ0n) is 30.8. The molecule has 2 aliphatic carbocycles. The van der Waals surface area contributed by atoms with Gasteiger partial charge in [0, 0.05) is 50.7 Å². The van der Waals surface area contributed by atoms with E-state index in [2.05, 4.69) is 38.2 Å². The first-order valence-electron chi connectivity index (χ1n) is 19.9. The summed E-state index contributed by atoms with van der Waals surface area (Å²) in [6.07, 6.45) is 19.7. The summed E-state index contributed by atoms with van der Waals surface area (Å²) in [5, 5.41) is 12.5. The summed E-state index contributed by atoms with van der Waals surface area (Å²) in [5.41, 5.74) is 0. The average Bonchev–Trinajstić information content (AvgIpc) is 3.68. The molecule has 2 saturated carbocycles. The van der Waals surface area contributed by atoms with Gasteiger partial charge in [-0.1, -0.05) is 58.6 Å². The van der Waals surface area contributed by atoms with Gasteiger partial charge in [0.2, 0.25) is 5.91 Å². The van der Waals surface area contributed by atoms with Crippen LogP contribution >= 0.6 is 0 Å². The first kappa shape index (κ1) is 40.1. The van der Waals surface area contributed by atoms with Crippen LogP contribution in [0.5, 0.6) is 0 Å². The summed E-state index contributed by atoms with van der Waals surface area (Å²) in [5.74, 6) is 0.905. The van der Waals surface area contributed by atoms with Crippen molar-refractivity contribution in [3.63, 3.8) is 0 Å². The van der Waals surface area contributed by atoms with E-state index < -0.39 is 5.92 Å². The van der Waals surface area contributed by atoms with Gasteiger partial charge < -0.3 is 29.4 Å². The number of carbonyl (C=O) groups is 3. The summed E-state index contributed by atoms with van der Waals surface area (Å²) < 4.78 is 25.1. The summed E-state index contributed by atoms with van der Waals surface area (Å²) in [7, 11) is 0. The number of ketones is 2. The summed E-state index contributed by atoms with van der Waals surface area (Å²) in [6.45, 7) is 7.70. The Morgan fingerprint density at radius 3 is 2.39 bits per heavy atom. The summed E-state index contributed by atoms with van der Waals surface area (Å²) >= 11 is 0. The SMILES string of the molecule is CCCC[C@H]1CC[C@H]([C@H](/C=C/[C@H]2[C@H](OC3CCCCO3)CC(=O)[C@@H]2CC(=O)CCCCC(=O)N[C@H](CO)CC(C)C)OC2CCCCO2)C1. The van der Waals surface area contributed by atoms with Gasteiger partial charge in [0.05, 0.1) is 24.9 Å². The van der Waals surface area contributed by atoms with Crippen molar-refractivity contribution in [1.82, 2.24) is 5.32 Å². The fourth-order valence-corrected chi connectivity index (χ4v) is 8.34. The van der Waals surface area contributed by atoms with Crippen molar-refractivity contribution >= 4 is 17.5 Å². The topological polar surface area (TPSA) is 120 Å². The number of nitrogens with one attached hydrogen (secondary N) is 1. The number of unbranched alkanes of at least 4 members (excludes halogenated alkanes) is 2. The third kappa shape index (κ3) is 13.8. The predicted molar refractivity (Wildman–Crippen MR) is 190 cm³/mol. The lowest BCUT2D eigenvalue weighted by Crippen LogP contribution is -2.38. The minimum Gasteiger partial charge on any atom is -0.394 e. The lowest BCUT2D eigenvalue weighted by Gasteiger charge is -2.31. The fraction of sp³-hybridized carbons (Fsp3) is 0.875. The number of rotatable bonds is 21. The third-order valence-corrected chi connectivity index (χ3v) is 11.1. The maximum Gasteiger partial charge on any atom is 0.220 e. The van der Waals surface area contributed by atoms with E-state index >= 15 is 0 Å². The Kier molecular flexibility index (Phi) is 17.7. The van der Waals surface area contributed by atoms with Gasteiger partial charge in [0.1, 0.15) is 11.6 Å². The van der Waals surface area contributed by atoms with E-state index in [0.717, 1.165) is 70.3 Å². The van der Waals surface area contributed by atoms with E-state index in [0.29, 0.717) is 44.1 Å². The minimum absolute atomic E-state index is 0.0535. The number of aliphatic hydroxyl groups excluding tert-OH is 1. The molecule has 2 saturated heterocycles. The highest BCUT2D eigenvalue weighted by molar-refractivity contribution is 5.90. The maximum absolute atomic E-state index is 13.5. The van der Waals surface area contributed by atoms with E-state index in [-0.39, 0.29) is 73.7 Å². The van der Waals surface area contributed by atoms with Crippen LogP contribution in [0.4, 0.5) is 0 Å². The van der Waals surface area contributed by atoms with E-state index in [9.17, 15) is 19.5 Å². The monoisotopic (exact) mass is 689 g/mol. The quantitative estimate of drug-likeness (QED) is 0.0958. The molecule has 2 heterocycles. The lowest BCUT2D eigenvalue weighted by atomic mass is 9.87. The summed E-state index contributed by atoms with van der Waals surface area (Å²) in [6, 6.07) is -0.238. The molecule has 2 aliphatic heterocycles. The molecule has 0 bridgehead atoms. The molecule has 0 aromatic carbocycles. The molecule has 0 radical (unpaired) electrons. The van der Waals surface area contributed by atoms with E-state index in [1.807, 2.05) is 0 Å². The van der Waals surface area contributed by atoms with Crippen molar-refractivity contribution in [3.05, 3.63) is 12.2 Å². The highest BCUT2D eigenvalue weighted by Gasteiger charge is 2.44. The molecule has 280 valence electrons. The van der Waals surface area contributed by atoms with Gasteiger partial charge >= 0.3 is 0 Å². The van der Waals surface area contributed by atoms with Crippen LogP contribution in [0.3, 0.4) is 0 Å². The second kappa shape index (κ2) is 21.7. The third-order valence-electron chi connectivity index (χ3n) is 11.1. The Morgan fingerprint density at radius 1 is 0.980 bits per heavy atom. The number of hydrogen-bond acceptors (Lipinski definition) is 8. The number of aliphatic hydroxyl groups is 1. The van der Waals surface area contributed by atoms with E-state index in [1.165, 1.54) is 25.7 Å². The number of hydrogen-bond donors (Lipinski definition) is 2. The average molecular weight is 690 g/mol. The predicted octanol–water partition coefficient (Wildman–Crippen LogP) is 7.22. The first-order chi connectivity index (χ1) is 23.7. The largest absolute Gasteiger partial charge is 0.394 e. The molecule has 9 atom stereocenters. The lowest BCUT2D eigenvalue weighted by molar-refractivity contribution is -0.193. The molecule has 9 heteroatoms. The molecule has 0 aromatic heterocycles. The number of amides is 1. The zero-order valence-corrected chi connectivity index (χ0v) is 30.8. The molecule has 9 nitrogen and oxygen atoms in total. The van der Waals surface area contributed by atoms with Gasteiger partial charge in [-0.3, -0.25) is 14.4 Å². The van der Waals surface area contributed by atoms with Crippen LogP contribution < -0.4 is 5.32 Å². The van der Waals surface area contributed by atoms with Gasteiger partial charge in [-0.2, -0.15) is 0 Å². The Hall–Kier alpha value is -1.65. The van der Waals surface area contributed by atoms with Crippen LogP contribution in [-0.4, -0.2) is 73.2 Å². The van der Waals surface area contributed by atoms with Crippen molar-refractivity contribution in [1.29, 1.82) is 0 Å². The maximum atomic E-state index is 13.5. The molecule has 0 spiro atoms. The normalized spacial score (nSPS) is 30.6. The van der Waals surface area contributed by atoms with Crippen LogP contribution in [0.1, 0.15) is 143 Å². The van der Waals surface area contributed by atoms with Gasteiger partial charge in [0.15, 0.2) is 12.6 Å². The van der Waals surface area contributed by atoms with Gasteiger partial charge in [-0.25, -0.2) is 0 Å². The van der Waals surface area contributed by atoms with Gasteiger partial charge in [0.25, 0.3) is 0 Å². The van der Waals surface area contributed by atoms with Crippen molar-refractivity contribution < 1.29 is 38.4 Å². The standard InChI is InChI=1S/C40H67NO8/c1-4-5-12-29-17-18-30(24-29)36(48-39-15-8-10-21-46-39)20-19-33-34(35(44)26-37(33)49-40-16-9-11-22-47-40)25-32(43)13-6-7-14-38(45)41-31(27-42)23-28(2)3/h19-20,28-31,33-34,36-37,39-40,42H,4-18,21-27H2,1-3H3,(H,41,45)/b20-19+/t29-,30-,31-,33+,34+,36-,37+,39?,40?/m0/s1. The summed E-state index contributed by atoms with van der Waals surface area (Å²) in [4.78, 5) is 39.2. The molecule has 2 unspecified atom stereocenters. The van der Waals surface area contributed by atoms with Crippen LogP contribution in [0.25, 0.3) is 0 Å². The Morgan fingerprint density at radius 2 is 1.71 bits per heavy atom. The number of carbonyl (C=O) groups excluding carboxylic acids is 3. The van der Waals surface area contributed by atoms with Crippen molar-refractivity contribution in [2.75, 3.05) is 19.8 Å². The van der Waals surface area contributed by atoms with E-state index in [4.69, 9.17) is 18.9 Å². The number of Topliss-reactive ketones (excluding diaryl/α,β-unsaturated/α-hetero) is 2. The Balaban J connectivity index is 1.39. The van der Waals surface area contributed by atoms with E-state index in [1.54, 1.807) is 0 Å². The smallest absolute Gasteiger partial charge is 0.220 e. The molecule has 2 N–H and O–H groups in total. The Labute approximate surface area is 296 Å². The second-order valence-electron chi connectivity index (χ2n) is 15.7. The van der Waals surface area contributed by atoms with Crippen LogP contribution in [0, 0.1) is 29.6 Å². The molecule has 0 aromatic rings. The zero-order chi connectivity index (χ0) is 35.0. The second-order valence-corrected chi connectivity index (χ2v) is 15.7. The van der Waals surface area contributed by atoms with Gasteiger partial charge in [-0.05, 0) is 88.4 Å². The minimum atomic E-state index is -0.436. The molecular formula is C40H67NO8. The first-order valence-corrected chi connectivity index (χ1v) is 19.9. The molecule has 4 aliphatic rings. The molecule has 1 amide bonds. The number of ether oxygens (including phenoxy) is 4. The van der Waals surface area contributed by atoms with Crippen LogP contribution in [-0.2, 0) is 33.3 Å². The molecule has 4 fully saturated rings. The van der Waals surface area contributed by atoms with Crippen LogP contribution in [0.2, 0.25) is 0 Å². The highest BCUT2D eigenvalue weighted by Crippen LogP contribution is 2.41. The molecule has 4 rings (SSSR count). The van der Waals surface area contributed by atoms with Crippen molar-refractivity contribution in [2.24, 2.45) is 29.6 Å².